The Morgan fingerprint density at radius 2 is 2.09 bits per heavy atom. The van der Waals surface area contributed by atoms with Gasteiger partial charge >= 0.3 is 5.97 Å². The van der Waals surface area contributed by atoms with Crippen molar-refractivity contribution in [3.8, 4) is 0 Å². The van der Waals surface area contributed by atoms with Gasteiger partial charge in [-0.25, -0.2) is 0 Å². The Bertz CT molecular complexity index is 570. The number of aliphatic hydroxyl groups is 1. The fourth-order valence-electron chi connectivity index (χ4n) is 1.82. The molecule has 7 heteroatoms. The number of halogens is 1. The topological polar surface area (TPSA) is 91.6 Å². The SMILES string of the molecule is CCOC(O)C(=N)c1ccc(Br)cc1NCC(=O)OC(C)(C)C. The minimum absolute atomic E-state index is 0.0429. The zero-order valence-electron chi connectivity index (χ0n) is 13.8. The molecule has 0 bridgehead atoms. The van der Waals surface area contributed by atoms with Crippen LogP contribution in [0.1, 0.15) is 33.3 Å². The van der Waals surface area contributed by atoms with E-state index in [2.05, 4.69) is 21.2 Å². The molecule has 1 aromatic rings. The number of carbonyl (C=O) groups excluding carboxylic acids is 1. The quantitative estimate of drug-likeness (QED) is 0.380. The van der Waals surface area contributed by atoms with E-state index >= 15 is 0 Å². The van der Waals surface area contributed by atoms with Crippen LogP contribution in [0, 0.1) is 5.41 Å². The number of rotatable bonds is 7. The Morgan fingerprint density at radius 3 is 2.65 bits per heavy atom. The van der Waals surface area contributed by atoms with E-state index in [1.807, 2.05) is 0 Å². The predicted octanol–water partition coefficient (Wildman–Crippen LogP) is 2.93. The first-order valence-electron chi connectivity index (χ1n) is 7.27. The van der Waals surface area contributed by atoms with Crippen LogP contribution in [0.5, 0.6) is 0 Å². The van der Waals surface area contributed by atoms with Crippen LogP contribution in [0.15, 0.2) is 22.7 Å². The second-order valence-corrected chi connectivity index (χ2v) is 6.77. The largest absolute Gasteiger partial charge is 0.459 e. The molecule has 0 spiro atoms. The number of aliphatic hydroxyl groups excluding tert-OH is 1. The van der Waals surface area contributed by atoms with E-state index in [1.165, 1.54) is 0 Å². The van der Waals surface area contributed by atoms with Gasteiger partial charge in [-0.3, -0.25) is 10.2 Å². The highest BCUT2D eigenvalue weighted by Gasteiger charge is 2.19. The standard InChI is InChI=1S/C16H23BrN2O4/c1-5-22-15(21)14(18)11-7-6-10(17)8-12(11)19-9-13(20)23-16(2,3)4/h6-8,15,18-19,21H,5,9H2,1-4H3. The first-order chi connectivity index (χ1) is 10.6. The highest BCUT2D eigenvalue weighted by atomic mass is 79.9. The molecule has 128 valence electrons. The zero-order chi connectivity index (χ0) is 17.6. The number of hydrogen-bond acceptors (Lipinski definition) is 6. The van der Waals surface area contributed by atoms with Gasteiger partial charge in [0.1, 0.15) is 12.1 Å². The molecule has 0 saturated heterocycles. The maximum absolute atomic E-state index is 11.8. The Balaban J connectivity index is 2.87. The van der Waals surface area contributed by atoms with Crippen LogP contribution in [0.2, 0.25) is 0 Å². The van der Waals surface area contributed by atoms with Crippen LogP contribution in [-0.2, 0) is 14.3 Å². The number of carbonyl (C=O) groups is 1. The average molecular weight is 387 g/mol. The Kier molecular flexibility index (Phi) is 7.18. The Hall–Kier alpha value is -1.44. The van der Waals surface area contributed by atoms with E-state index in [0.29, 0.717) is 17.9 Å². The molecule has 0 aliphatic carbocycles. The van der Waals surface area contributed by atoms with Crippen molar-refractivity contribution < 1.29 is 19.4 Å². The van der Waals surface area contributed by atoms with Crippen molar-refractivity contribution in [3.63, 3.8) is 0 Å². The molecule has 0 fully saturated rings. The van der Waals surface area contributed by atoms with E-state index in [0.717, 1.165) is 4.47 Å². The van der Waals surface area contributed by atoms with Gasteiger partial charge in [-0.15, -0.1) is 0 Å². The lowest BCUT2D eigenvalue weighted by atomic mass is 10.1. The second kappa shape index (κ2) is 8.42. The van der Waals surface area contributed by atoms with E-state index in [-0.39, 0.29) is 12.3 Å². The summed E-state index contributed by atoms with van der Waals surface area (Å²) in [5, 5.41) is 20.8. The highest BCUT2D eigenvalue weighted by molar-refractivity contribution is 9.10. The summed E-state index contributed by atoms with van der Waals surface area (Å²) >= 11 is 3.35. The molecule has 1 aromatic carbocycles. The van der Waals surface area contributed by atoms with Gasteiger partial charge in [-0.05, 0) is 45.9 Å². The van der Waals surface area contributed by atoms with Crippen molar-refractivity contribution in [1.82, 2.24) is 0 Å². The van der Waals surface area contributed by atoms with Crippen molar-refractivity contribution in [2.24, 2.45) is 0 Å². The molecule has 0 amide bonds. The lowest BCUT2D eigenvalue weighted by molar-refractivity contribution is -0.152. The van der Waals surface area contributed by atoms with Crippen molar-refractivity contribution >= 4 is 33.3 Å². The molecular formula is C16H23BrN2O4. The lowest BCUT2D eigenvalue weighted by Gasteiger charge is -2.21. The van der Waals surface area contributed by atoms with Gasteiger partial charge in [-0.2, -0.15) is 0 Å². The second-order valence-electron chi connectivity index (χ2n) is 5.85. The third-order valence-corrected chi connectivity index (χ3v) is 3.18. The minimum Gasteiger partial charge on any atom is -0.459 e. The summed E-state index contributed by atoms with van der Waals surface area (Å²) in [7, 11) is 0. The molecule has 1 unspecified atom stereocenters. The average Bonchev–Trinajstić information content (AvgIpc) is 2.43. The van der Waals surface area contributed by atoms with E-state index in [9.17, 15) is 9.90 Å². The maximum Gasteiger partial charge on any atom is 0.325 e. The molecule has 0 radical (unpaired) electrons. The Morgan fingerprint density at radius 1 is 1.43 bits per heavy atom. The summed E-state index contributed by atoms with van der Waals surface area (Å²) < 4.78 is 11.1. The van der Waals surface area contributed by atoms with Crippen molar-refractivity contribution in [2.45, 2.75) is 39.6 Å². The molecule has 3 N–H and O–H groups in total. The van der Waals surface area contributed by atoms with Gasteiger partial charge in [0.15, 0.2) is 6.29 Å². The first-order valence-corrected chi connectivity index (χ1v) is 8.07. The van der Waals surface area contributed by atoms with Crippen LogP contribution in [0.3, 0.4) is 0 Å². The molecule has 0 aliphatic rings. The van der Waals surface area contributed by atoms with Gasteiger partial charge in [0, 0.05) is 22.3 Å². The number of benzene rings is 1. The predicted molar refractivity (Wildman–Crippen MR) is 92.9 cm³/mol. The summed E-state index contributed by atoms with van der Waals surface area (Å²) in [5.74, 6) is -0.402. The molecule has 1 rings (SSSR count). The van der Waals surface area contributed by atoms with Crippen LogP contribution in [0.4, 0.5) is 5.69 Å². The van der Waals surface area contributed by atoms with Crippen molar-refractivity contribution in [1.29, 1.82) is 5.41 Å². The molecule has 0 aliphatic heterocycles. The molecule has 1 atom stereocenters. The van der Waals surface area contributed by atoms with Gasteiger partial charge < -0.3 is 19.9 Å². The van der Waals surface area contributed by atoms with Gasteiger partial charge in [0.25, 0.3) is 0 Å². The number of nitrogens with one attached hydrogen (secondary N) is 2. The normalized spacial score (nSPS) is 12.6. The van der Waals surface area contributed by atoms with Gasteiger partial charge in [0.05, 0.1) is 5.71 Å². The zero-order valence-corrected chi connectivity index (χ0v) is 15.4. The minimum atomic E-state index is -1.32. The molecular weight excluding hydrogens is 364 g/mol. The van der Waals surface area contributed by atoms with Crippen LogP contribution < -0.4 is 5.32 Å². The maximum atomic E-state index is 11.8. The van der Waals surface area contributed by atoms with Gasteiger partial charge in [-0.1, -0.05) is 15.9 Å². The summed E-state index contributed by atoms with van der Waals surface area (Å²) in [4.78, 5) is 11.8. The van der Waals surface area contributed by atoms with Gasteiger partial charge in [0.2, 0.25) is 0 Å². The third kappa shape index (κ3) is 6.68. The summed E-state index contributed by atoms with van der Waals surface area (Å²) in [6.07, 6.45) is -1.32. The van der Waals surface area contributed by atoms with Crippen LogP contribution in [-0.4, -0.2) is 41.8 Å². The van der Waals surface area contributed by atoms with E-state index in [1.54, 1.807) is 45.9 Å². The highest BCUT2D eigenvalue weighted by Crippen LogP contribution is 2.23. The summed E-state index contributed by atoms with van der Waals surface area (Å²) in [6, 6.07) is 5.15. The molecule has 0 heterocycles. The smallest absolute Gasteiger partial charge is 0.325 e. The third-order valence-electron chi connectivity index (χ3n) is 2.69. The number of anilines is 1. The number of ether oxygens (including phenoxy) is 2. The molecule has 0 aromatic heterocycles. The van der Waals surface area contributed by atoms with E-state index < -0.39 is 17.9 Å². The first kappa shape index (κ1) is 19.6. The molecule has 0 saturated carbocycles. The Labute approximate surface area is 144 Å². The van der Waals surface area contributed by atoms with Crippen molar-refractivity contribution in [3.05, 3.63) is 28.2 Å². The molecule has 6 nitrogen and oxygen atoms in total. The fraction of sp³-hybridized carbons (Fsp3) is 0.500. The molecule has 23 heavy (non-hydrogen) atoms. The summed E-state index contributed by atoms with van der Waals surface area (Å²) in [6.45, 7) is 7.37. The lowest BCUT2D eigenvalue weighted by Crippen LogP contribution is -2.29. The van der Waals surface area contributed by atoms with Crippen LogP contribution >= 0.6 is 15.9 Å². The number of esters is 1. The van der Waals surface area contributed by atoms with Crippen molar-refractivity contribution in [2.75, 3.05) is 18.5 Å². The number of hydrogen-bond donors (Lipinski definition) is 3. The summed E-state index contributed by atoms with van der Waals surface area (Å²) in [5.41, 5.74) is 0.356. The fourth-order valence-corrected chi connectivity index (χ4v) is 2.18. The monoisotopic (exact) mass is 386 g/mol. The van der Waals surface area contributed by atoms with Crippen LogP contribution in [0.25, 0.3) is 0 Å². The van der Waals surface area contributed by atoms with E-state index in [4.69, 9.17) is 14.9 Å².